The summed E-state index contributed by atoms with van der Waals surface area (Å²) >= 11 is 0. The van der Waals surface area contributed by atoms with Crippen molar-refractivity contribution in [3.63, 3.8) is 0 Å². The van der Waals surface area contributed by atoms with Crippen molar-refractivity contribution in [2.75, 3.05) is 40.0 Å². The quantitative estimate of drug-likeness (QED) is 0.746. The summed E-state index contributed by atoms with van der Waals surface area (Å²) in [7, 11) is 1.78. The molecule has 2 N–H and O–H groups in total. The van der Waals surface area contributed by atoms with Gasteiger partial charge in [0.25, 0.3) is 0 Å². The summed E-state index contributed by atoms with van der Waals surface area (Å²) in [6.45, 7) is 4.37. The maximum atomic E-state index is 5.88. The Labute approximate surface area is 128 Å². The van der Waals surface area contributed by atoms with Crippen LogP contribution in [0.5, 0.6) is 0 Å². The fraction of sp³-hybridized carbons (Fsp3) is 0.647. The molecule has 0 radical (unpaired) electrons. The van der Waals surface area contributed by atoms with Gasteiger partial charge in [-0.3, -0.25) is 4.90 Å². The molecule has 1 unspecified atom stereocenters. The van der Waals surface area contributed by atoms with Crippen molar-refractivity contribution >= 4 is 0 Å². The fourth-order valence-electron chi connectivity index (χ4n) is 2.93. The summed E-state index contributed by atoms with van der Waals surface area (Å²) in [6.07, 6.45) is 3.54. The van der Waals surface area contributed by atoms with Crippen molar-refractivity contribution < 1.29 is 9.47 Å². The molecule has 1 aliphatic heterocycles. The predicted octanol–water partition coefficient (Wildman–Crippen LogP) is 2.20. The van der Waals surface area contributed by atoms with E-state index in [1.165, 1.54) is 5.56 Å². The number of hydrogen-bond acceptors (Lipinski definition) is 4. The Morgan fingerprint density at radius 1 is 1.24 bits per heavy atom. The van der Waals surface area contributed by atoms with E-state index >= 15 is 0 Å². The first-order chi connectivity index (χ1) is 10.3. The molecule has 1 aromatic carbocycles. The van der Waals surface area contributed by atoms with E-state index in [0.29, 0.717) is 18.7 Å². The molecule has 0 saturated carbocycles. The number of benzene rings is 1. The fourth-order valence-corrected chi connectivity index (χ4v) is 2.93. The largest absolute Gasteiger partial charge is 0.383 e. The standard InChI is InChI=1S/C17H28N2O2/c1-20-14-17(15-6-3-2-4-7-15)19-11-8-16(9-12-19)21-13-5-10-18/h2-4,6-7,16-17H,5,8-14,18H2,1H3. The highest BCUT2D eigenvalue weighted by molar-refractivity contribution is 5.19. The summed E-state index contributed by atoms with van der Waals surface area (Å²) in [5, 5.41) is 0. The maximum absolute atomic E-state index is 5.88. The van der Waals surface area contributed by atoms with Crippen LogP contribution in [0.3, 0.4) is 0 Å². The van der Waals surface area contributed by atoms with Crippen LogP contribution in [0.25, 0.3) is 0 Å². The Kier molecular flexibility index (Phi) is 7.16. The van der Waals surface area contributed by atoms with Gasteiger partial charge in [-0.2, -0.15) is 0 Å². The van der Waals surface area contributed by atoms with Crippen LogP contribution >= 0.6 is 0 Å². The summed E-state index contributed by atoms with van der Waals surface area (Å²) in [5.41, 5.74) is 6.84. The van der Waals surface area contributed by atoms with Crippen LogP contribution in [-0.4, -0.2) is 51.0 Å². The first-order valence-electron chi connectivity index (χ1n) is 7.94. The molecule has 118 valence electrons. The van der Waals surface area contributed by atoms with E-state index in [9.17, 15) is 0 Å². The molecular weight excluding hydrogens is 264 g/mol. The smallest absolute Gasteiger partial charge is 0.0659 e. The number of nitrogens with two attached hydrogens (primary N) is 1. The highest BCUT2D eigenvalue weighted by Gasteiger charge is 2.26. The Bertz CT molecular complexity index is 378. The van der Waals surface area contributed by atoms with Crippen LogP contribution in [0.2, 0.25) is 0 Å². The molecule has 1 heterocycles. The third-order valence-electron chi connectivity index (χ3n) is 4.13. The van der Waals surface area contributed by atoms with Crippen molar-refractivity contribution in [3.05, 3.63) is 35.9 Å². The van der Waals surface area contributed by atoms with Crippen LogP contribution in [-0.2, 0) is 9.47 Å². The van der Waals surface area contributed by atoms with E-state index in [1.54, 1.807) is 7.11 Å². The zero-order valence-electron chi connectivity index (χ0n) is 13.0. The molecule has 21 heavy (non-hydrogen) atoms. The monoisotopic (exact) mass is 292 g/mol. The molecule has 0 aromatic heterocycles. The minimum absolute atomic E-state index is 0.348. The third-order valence-corrected chi connectivity index (χ3v) is 4.13. The number of piperidine rings is 1. The van der Waals surface area contributed by atoms with E-state index in [0.717, 1.165) is 45.6 Å². The summed E-state index contributed by atoms with van der Waals surface area (Å²) < 4.78 is 11.3. The van der Waals surface area contributed by atoms with Gasteiger partial charge in [-0.1, -0.05) is 30.3 Å². The Balaban J connectivity index is 1.86. The van der Waals surface area contributed by atoms with E-state index in [4.69, 9.17) is 15.2 Å². The van der Waals surface area contributed by atoms with E-state index in [2.05, 4.69) is 35.2 Å². The molecule has 0 aliphatic carbocycles. The highest BCUT2D eigenvalue weighted by atomic mass is 16.5. The van der Waals surface area contributed by atoms with Crippen molar-refractivity contribution in [1.82, 2.24) is 4.90 Å². The number of likely N-dealkylation sites (tertiary alicyclic amines) is 1. The van der Waals surface area contributed by atoms with E-state index in [-0.39, 0.29) is 0 Å². The molecule has 0 spiro atoms. The van der Waals surface area contributed by atoms with Gasteiger partial charge in [0, 0.05) is 26.8 Å². The van der Waals surface area contributed by atoms with Gasteiger partial charge in [0.1, 0.15) is 0 Å². The Hall–Kier alpha value is -0.940. The molecule has 1 atom stereocenters. The second-order valence-corrected chi connectivity index (χ2v) is 5.63. The van der Waals surface area contributed by atoms with Crippen LogP contribution in [0.1, 0.15) is 30.9 Å². The van der Waals surface area contributed by atoms with Gasteiger partial charge in [0.05, 0.1) is 18.8 Å². The second kappa shape index (κ2) is 9.15. The summed E-state index contributed by atoms with van der Waals surface area (Å²) in [6, 6.07) is 11.0. The van der Waals surface area contributed by atoms with Crippen LogP contribution in [0.15, 0.2) is 30.3 Å². The van der Waals surface area contributed by atoms with Crippen LogP contribution in [0.4, 0.5) is 0 Å². The lowest BCUT2D eigenvalue weighted by molar-refractivity contribution is -0.0126. The Morgan fingerprint density at radius 2 is 1.95 bits per heavy atom. The SMILES string of the molecule is COCC(c1ccccc1)N1CCC(OCCCN)CC1. The van der Waals surface area contributed by atoms with E-state index < -0.39 is 0 Å². The van der Waals surface area contributed by atoms with Gasteiger partial charge in [0.15, 0.2) is 0 Å². The maximum Gasteiger partial charge on any atom is 0.0659 e. The third kappa shape index (κ3) is 5.08. The molecule has 4 heteroatoms. The normalized spacial score (nSPS) is 18.8. The van der Waals surface area contributed by atoms with Crippen LogP contribution in [0, 0.1) is 0 Å². The predicted molar refractivity (Wildman–Crippen MR) is 85.3 cm³/mol. The van der Waals surface area contributed by atoms with Gasteiger partial charge < -0.3 is 15.2 Å². The molecule has 0 amide bonds. The first kappa shape index (κ1) is 16.4. The lowest BCUT2D eigenvalue weighted by Crippen LogP contribution is -2.41. The molecule has 1 aliphatic rings. The number of methoxy groups -OCH3 is 1. The highest BCUT2D eigenvalue weighted by Crippen LogP contribution is 2.25. The van der Waals surface area contributed by atoms with Crippen LogP contribution < -0.4 is 5.73 Å². The topological polar surface area (TPSA) is 47.7 Å². The molecule has 1 saturated heterocycles. The van der Waals surface area contributed by atoms with Crippen molar-refractivity contribution in [2.24, 2.45) is 5.73 Å². The van der Waals surface area contributed by atoms with Gasteiger partial charge in [-0.05, 0) is 31.4 Å². The van der Waals surface area contributed by atoms with Crippen molar-refractivity contribution in [3.8, 4) is 0 Å². The summed E-state index contributed by atoms with van der Waals surface area (Å²) in [4.78, 5) is 2.52. The molecular formula is C17H28N2O2. The zero-order valence-corrected chi connectivity index (χ0v) is 13.0. The second-order valence-electron chi connectivity index (χ2n) is 5.63. The molecule has 4 nitrogen and oxygen atoms in total. The van der Waals surface area contributed by atoms with Crippen molar-refractivity contribution in [1.29, 1.82) is 0 Å². The Morgan fingerprint density at radius 3 is 2.57 bits per heavy atom. The number of hydrogen-bond donors (Lipinski definition) is 1. The van der Waals surface area contributed by atoms with E-state index in [1.807, 2.05) is 0 Å². The first-order valence-corrected chi connectivity index (χ1v) is 7.94. The molecule has 1 aromatic rings. The minimum Gasteiger partial charge on any atom is -0.383 e. The van der Waals surface area contributed by atoms with Gasteiger partial charge in [-0.25, -0.2) is 0 Å². The van der Waals surface area contributed by atoms with Gasteiger partial charge in [0.2, 0.25) is 0 Å². The average Bonchev–Trinajstić information content (AvgIpc) is 2.54. The average molecular weight is 292 g/mol. The summed E-state index contributed by atoms with van der Waals surface area (Å²) in [5.74, 6) is 0. The molecule has 2 rings (SSSR count). The van der Waals surface area contributed by atoms with Gasteiger partial charge in [-0.15, -0.1) is 0 Å². The lowest BCUT2D eigenvalue weighted by Gasteiger charge is -2.37. The number of ether oxygens (including phenoxy) is 2. The lowest BCUT2D eigenvalue weighted by atomic mass is 10.0. The van der Waals surface area contributed by atoms with Gasteiger partial charge >= 0.3 is 0 Å². The minimum atomic E-state index is 0.348. The molecule has 0 bridgehead atoms. The molecule has 1 fully saturated rings. The van der Waals surface area contributed by atoms with Crippen molar-refractivity contribution in [2.45, 2.75) is 31.4 Å². The number of rotatable bonds is 8. The zero-order chi connectivity index (χ0) is 14.9. The number of nitrogens with zero attached hydrogens (tertiary/aromatic N) is 1.